The fourth-order valence-electron chi connectivity index (χ4n) is 2.69. The number of carboxylic acid groups (broad SMARTS) is 1. The van der Waals surface area contributed by atoms with Gasteiger partial charge in [-0.05, 0) is 25.8 Å². The number of hydrogen-bond acceptors (Lipinski definition) is 4. The smallest absolute Gasteiger partial charge is 0.331 e. The van der Waals surface area contributed by atoms with Gasteiger partial charge in [-0.25, -0.2) is 4.79 Å². The zero-order valence-electron chi connectivity index (χ0n) is 10.6. The predicted molar refractivity (Wildman–Crippen MR) is 64.2 cm³/mol. The van der Waals surface area contributed by atoms with E-state index >= 15 is 0 Å². The average Bonchev–Trinajstić information content (AvgIpc) is 2.98. The number of ether oxygens (including phenoxy) is 1. The molecule has 2 aliphatic heterocycles. The molecule has 102 valence electrons. The van der Waals surface area contributed by atoms with Crippen LogP contribution < -0.4 is 10.6 Å². The van der Waals surface area contributed by atoms with Crippen molar-refractivity contribution in [2.45, 2.75) is 43.7 Å². The van der Waals surface area contributed by atoms with Crippen LogP contribution in [-0.4, -0.2) is 47.8 Å². The van der Waals surface area contributed by atoms with Gasteiger partial charge in [-0.1, -0.05) is 6.92 Å². The van der Waals surface area contributed by atoms with E-state index in [4.69, 9.17) is 4.74 Å². The van der Waals surface area contributed by atoms with Gasteiger partial charge in [-0.15, -0.1) is 0 Å². The fourth-order valence-corrected chi connectivity index (χ4v) is 2.69. The Labute approximate surface area is 106 Å². The molecule has 6 heteroatoms. The minimum Gasteiger partial charge on any atom is -0.479 e. The van der Waals surface area contributed by atoms with E-state index in [1.165, 1.54) is 0 Å². The lowest BCUT2D eigenvalue weighted by Crippen LogP contribution is -2.63. The number of carbonyl (C=O) groups is 2. The normalized spacial score (nSPS) is 35.6. The lowest BCUT2D eigenvalue weighted by molar-refractivity contribution is -0.148. The molecule has 0 aromatic rings. The van der Waals surface area contributed by atoms with Crippen LogP contribution in [-0.2, 0) is 14.3 Å². The maximum Gasteiger partial charge on any atom is 0.331 e. The van der Waals surface area contributed by atoms with Crippen LogP contribution in [0.5, 0.6) is 0 Å². The zero-order chi connectivity index (χ0) is 13.2. The summed E-state index contributed by atoms with van der Waals surface area (Å²) in [6.45, 7) is 3.17. The third-order valence-electron chi connectivity index (χ3n) is 4.07. The summed E-state index contributed by atoms with van der Waals surface area (Å²) >= 11 is 0. The molecule has 1 amide bonds. The number of nitrogens with one attached hydrogen (secondary N) is 2. The Morgan fingerprint density at radius 3 is 2.67 bits per heavy atom. The molecule has 2 fully saturated rings. The van der Waals surface area contributed by atoms with Crippen LogP contribution in [0.4, 0.5) is 0 Å². The first kappa shape index (κ1) is 13.3. The molecule has 2 unspecified atom stereocenters. The number of carbonyl (C=O) groups excluding carboxylic acids is 1. The van der Waals surface area contributed by atoms with Gasteiger partial charge in [0.15, 0.2) is 5.54 Å². The van der Waals surface area contributed by atoms with Crippen molar-refractivity contribution in [1.82, 2.24) is 10.6 Å². The first-order valence-electron chi connectivity index (χ1n) is 6.43. The lowest BCUT2D eigenvalue weighted by Gasteiger charge is -2.32. The summed E-state index contributed by atoms with van der Waals surface area (Å²) in [5.41, 5.74) is -1.85. The van der Waals surface area contributed by atoms with Gasteiger partial charge in [-0.2, -0.15) is 0 Å². The van der Waals surface area contributed by atoms with Crippen molar-refractivity contribution in [2.24, 2.45) is 0 Å². The number of carboxylic acids is 1. The first-order chi connectivity index (χ1) is 8.55. The van der Waals surface area contributed by atoms with Gasteiger partial charge in [0, 0.05) is 13.0 Å². The number of amides is 1. The molecule has 6 nitrogen and oxygen atoms in total. The molecule has 2 aliphatic rings. The third-order valence-corrected chi connectivity index (χ3v) is 4.07. The third kappa shape index (κ3) is 2.10. The maximum absolute atomic E-state index is 12.4. The van der Waals surface area contributed by atoms with Crippen LogP contribution in [0.3, 0.4) is 0 Å². The maximum atomic E-state index is 12.4. The van der Waals surface area contributed by atoms with E-state index in [9.17, 15) is 14.7 Å². The number of aliphatic carboxylic acids is 1. The van der Waals surface area contributed by atoms with Gasteiger partial charge < -0.3 is 20.5 Å². The molecule has 2 heterocycles. The van der Waals surface area contributed by atoms with Gasteiger partial charge in [0.2, 0.25) is 5.91 Å². The van der Waals surface area contributed by atoms with Crippen molar-refractivity contribution >= 4 is 11.9 Å². The zero-order valence-corrected chi connectivity index (χ0v) is 10.6. The van der Waals surface area contributed by atoms with E-state index in [1.54, 1.807) is 0 Å². The van der Waals surface area contributed by atoms with E-state index in [0.29, 0.717) is 19.4 Å². The first-order valence-corrected chi connectivity index (χ1v) is 6.43. The van der Waals surface area contributed by atoms with E-state index in [-0.39, 0.29) is 12.5 Å². The second kappa shape index (κ2) is 4.85. The highest BCUT2D eigenvalue weighted by Gasteiger charge is 2.48. The van der Waals surface area contributed by atoms with E-state index in [2.05, 4.69) is 10.6 Å². The molecular formula is C12H20N2O4. The highest BCUT2D eigenvalue weighted by Crippen LogP contribution is 2.26. The quantitative estimate of drug-likeness (QED) is 0.652. The summed E-state index contributed by atoms with van der Waals surface area (Å²) in [5, 5.41) is 15.2. The average molecular weight is 256 g/mol. The SMILES string of the molecule is CCC1(C(=O)NC2(C(=O)O)CCOC2)CCCN1. The summed E-state index contributed by atoms with van der Waals surface area (Å²) < 4.78 is 5.14. The molecule has 2 rings (SSSR count). The second-order valence-electron chi connectivity index (χ2n) is 5.11. The molecular weight excluding hydrogens is 236 g/mol. The molecule has 0 aromatic heterocycles. The Morgan fingerprint density at radius 1 is 1.44 bits per heavy atom. The van der Waals surface area contributed by atoms with Crippen molar-refractivity contribution in [3.8, 4) is 0 Å². The van der Waals surface area contributed by atoms with Crippen molar-refractivity contribution in [1.29, 1.82) is 0 Å². The lowest BCUT2D eigenvalue weighted by atomic mass is 9.90. The van der Waals surface area contributed by atoms with Crippen LogP contribution in [0.15, 0.2) is 0 Å². The molecule has 0 aliphatic carbocycles. The van der Waals surface area contributed by atoms with Crippen LogP contribution in [0, 0.1) is 0 Å². The standard InChI is InChI=1S/C12H20N2O4/c1-2-11(4-3-6-13-11)9(15)14-12(10(16)17)5-7-18-8-12/h13H,2-8H2,1H3,(H,14,15)(H,16,17). The fraction of sp³-hybridized carbons (Fsp3) is 0.833. The van der Waals surface area contributed by atoms with Crippen molar-refractivity contribution < 1.29 is 19.4 Å². The van der Waals surface area contributed by atoms with Gasteiger partial charge in [0.05, 0.1) is 12.1 Å². The summed E-state index contributed by atoms with van der Waals surface area (Å²) in [7, 11) is 0. The van der Waals surface area contributed by atoms with Crippen molar-refractivity contribution in [2.75, 3.05) is 19.8 Å². The second-order valence-corrected chi connectivity index (χ2v) is 5.11. The van der Waals surface area contributed by atoms with Crippen LogP contribution in [0.1, 0.15) is 32.6 Å². The number of rotatable bonds is 4. The summed E-state index contributed by atoms with van der Waals surface area (Å²) in [6.07, 6.45) is 2.69. The van der Waals surface area contributed by atoms with E-state index in [1.807, 2.05) is 6.92 Å². The molecule has 0 bridgehead atoms. The highest BCUT2D eigenvalue weighted by atomic mass is 16.5. The van der Waals surface area contributed by atoms with Gasteiger partial charge >= 0.3 is 5.97 Å². The van der Waals surface area contributed by atoms with E-state index in [0.717, 1.165) is 19.4 Å². The monoisotopic (exact) mass is 256 g/mol. The van der Waals surface area contributed by atoms with Gasteiger partial charge in [0.1, 0.15) is 0 Å². The minimum atomic E-state index is -1.25. The molecule has 18 heavy (non-hydrogen) atoms. The highest BCUT2D eigenvalue weighted by molar-refractivity contribution is 5.92. The summed E-state index contributed by atoms with van der Waals surface area (Å²) in [5.74, 6) is -1.23. The molecule has 0 aromatic carbocycles. The number of hydrogen-bond donors (Lipinski definition) is 3. The van der Waals surface area contributed by atoms with Crippen LogP contribution in [0.2, 0.25) is 0 Å². The predicted octanol–water partition coefficient (Wildman–Crippen LogP) is -0.121. The van der Waals surface area contributed by atoms with Crippen molar-refractivity contribution in [3.05, 3.63) is 0 Å². The van der Waals surface area contributed by atoms with Crippen LogP contribution in [0.25, 0.3) is 0 Å². The topological polar surface area (TPSA) is 87.7 Å². The minimum absolute atomic E-state index is 0.0495. The molecule has 2 saturated heterocycles. The molecule has 0 radical (unpaired) electrons. The Hall–Kier alpha value is -1.14. The van der Waals surface area contributed by atoms with Gasteiger partial charge in [-0.3, -0.25) is 4.79 Å². The summed E-state index contributed by atoms with van der Waals surface area (Å²) in [6, 6.07) is 0. The van der Waals surface area contributed by atoms with Crippen molar-refractivity contribution in [3.63, 3.8) is 0 Å². The molecule has 0 saturated carbocycles. The molecule has 2 atom stereocenters. The van der Waals surface area contributed by atoms with E-state index < -0.39 is 17.0 Å². The van der Waals surface area contributed by atoms with Crippen LogP contribution >= 0.6 is 0 Å². The van der Waals surface area contributed by atoms with Gasteiger partial charge in [0.25, 0.3) is 0 Å². The Balaban J connectivity index is 2.12. The Bertz CT molecular complexity index is 344. The largest absolute Gasteiger partial charge is 0.479 e. The molecule has 3 N–H and O–H groups in total. The molecule has 0 spiro atoms. The Kier molecular flexibility index (Phi) is 3.59. The Morgan fingerprint density at radius 2 is 2.22 bits per heavy atom. The summed E-state index contributed by atoms with van der Waals surface area (Å²) in [4.78, 5) is 23.7.